The predicted molar refractivity (Wildman–Crippen MR) is 66.8 cm³/mol. The first-order valence-electron chi connectivity index (χ1n) is 5.65. The Balaban J connectivity index is 1.94. The molecule has 0 aliphatic heterocycles. The third-order valence-electron chi connectivity index (χ3n) is 2.57. The van der Waals surface area contributed by atoms with E-state index < -0.39 is 5.91 Å². The van der Waals surface area contributed by atoms with E-state index in [1.165, 1.54) is 12.3 Å². The number of nitrogens with two attached hydrogens (primary N) is 2. The topological polar surface area (TPSA) is 123 Å². The molecule has 7 nitrogen and oxygen atoms in total. The van der Waals surface area contributed by atoms with Crippen molar-refractivity contribution < 1.29 is 9.59 Å². The molecular weight excluding hydrogens is 234 g/mol. The van der Waals surface area contributed by atoms with Gasteiger partial charge in [0, 0.05) is 6.04 Å². The lowest BCUT2D eigenvalue weighted by Crippen LogP contribution is -2.31. The van der Waals surface area contributed by atoms with Gasteiger partial charge in [-0.15, -0.1) is 0 Å². The number of primary amides is 1. The zero-order chi connectivity index (χ0) is 13.1. The Morgan fingerprint density at radius 1 is 1.44 bits per heavy atom. The maximum atomic E-state index is 11.4. The van der Waals surface area contributed by atoms with Crippen LogP contribution in [-0.4, -0.2) is 29.4 Å². The summed E-state index contributed by atoms with van der Waals surface area (Å²) in [6.45, 7) is 0.103. The van der Waals surface area contributed by atoms with Crippen molar-refractivity contribution in [3.8, 4) is 0 Å². The SMILES string of the molecule is NC(=O)c1cc(NCC(=O)NC2CC2)ncc1N. The van der Waals surface area contributed by atoms with Crippen LogP contribution < -0.4 is 22.1 Å². The molecule has 2 amide bonds. The molecule has 96 valence electrons. The van der Waals surface area contributed by atoms with Gasteiger partial charge < -0.3 is 22.1 Å². The Hall–Kier alpha value is -2.31. The van der Waals surface area contributed by atoms with Gasteiger partial charge in [-0.05, 0) is 18.9 Å². The molecule has 1 fully saturated rings. The van der Waals surface area contributed by atoms with Crippen molar-refractivity contribution in [3.63, 3.8) is 0 Å². The quantitative estimate of drug-likeness (QED) is 0.557. The van der Waals surface area contributed by atoms with Crippen molar-refractivity contribution in [3.05, 3.63) is 17.8 Å². The molecule has 1 aromatic rings. The number of anilines is 2. The Morgan fingerprint density at radius 3 is 2.78 bits per heavy atom. The molecule has 0 bridgehead atoms. The third kappa shape index (κ3) is 3.09. The summed E-state index contributed by atoms with van der Waals surface area (Å²) in [4.78, 5) is 26.5. The first-order valence-corrected chi connectivity index (χ1v) is 5.65. The molecule has 0 saturated heterocycles. The number of carbonyl (C=O) groups excluding carboxylic acids is 2. The van der Waals surface area contributed by atoms with Crippen LogP contribution in [0.3, 0.4) is 0 Å². The van der Waals surface area contributed by atoms with Gasteiger partial charge in [-0.3, -0.25) is 9.59 Å². The van der Waals surface area contributed by atoms with Gasteiger partial charge in [0.15, 0.2) is 0 Å². The minimum atomic E-state index is -0.625. The number of hydrogen-bond acceptors (Lipinski definition) is 5. The number of nitrogen functional groups attached to an aromatic ring is 1. The molecule has 1 heterocycles. The summed E-state index contributed by atoms with van der Waals surface area (Å²) in [6, 6.07) is 1.75. The summed E-state index contributed by atoms with van der Waals surface area (Å²) in [6.07, 6.45) is 3.41. The normalized spacial score (nSPS) is 14.0. The highest BCUT2D eigenvalue weighted by molar-refractivity contribution is 5.98. The number of nitrogens with zero attached hydrogens (tertiary/aromatic N) is 1. The van der Waals surface area contributed by atoms with Gasteiger partial charge in [0.05, 0.1) is 24.0 Å². The van der Waals surface area contributed by atoms with Crippen LogP contribution in [0.4, 0.5) is 11.5 Å². The predicted octanol–water partition coefficient (Wildman–Crippen LogP) is -0.547. The smallest absolute Gasteiger partial charge is 0.250 e. The van der Waals surface area contributed by atoms with Crippen molar-refractivity contribution in [2.45, 2.75) is 18.9 Å². The summed E-state index contributed by atoms with van der Waals surface area (Å²) in [7, 11) is 0. The number of nitrogens with one attached hydrogen (secondary N) is 2. The molecule has 1 aliphatic rings. The van der Waals surface area contributed by atoms with Gasteiger partial charge in [0.2, 0.25) is 5.91 Å². The van der Waals surface area contributed by atoms with Crippen LogP contribution in [0.2, 0.25) is 0 Å². The molecule has 0 aromatic carbocycles. The van der Waals surface area contributed by atoms with E-state index in [1.54, 1.807) is 0 Å². The van der Waals surface area contributed by atoms with Crippen LogP contribution in [0.25, 0.3) is 0 Å². The highest BCUT2D eigenvalue weighted by atomic mass is 16.2. The minimum Gasteiger partial charge on any atom is -0.397 e. The average Bonchev–Trinajstić information content (AvgIpc) is 3.11. The van der Waals surface area contributed by atoms with E-state index in [1.807, 2.05) is 0 Å². The lowest BCUT2D eigenvalue weighted by molar-refractivity contribution is -0.119. The Labute approximate surface area is 104 Å². The summed E-state index contributed by atoms with van der Waals surface area (Å²) in [5.74, 6) is -0.332. The molecule has 1 aliphatic carbocycles. The van der Waals surface area contributed by atoms with Crippen molar-refractivity contribution in [2.75, 3.05) is 17.6 Å². The van der Waals surface area contributed by atoms with E-state index in [9.17, 15) is 9.59 Å². The molecule has 7 heteroatoms. The molecule has 18 heavy (non-hydrogen) atoms. The zero-order valence-electron chi connectivity index (χ0n) is 9.77. The molecule has 0 spiro atoms. The first-order chi connectivity index (χ1) is 8.56. The minimum absolute atomic E-state index is 0.100. The fourth-order valence-electron chi connectivity index (χ4n) is 1.45. The highest BCUT2D eigenvalue weighted by Crippen LogP contribution is 2.18. The van der Waals surface area contributed by atoms with Gasteiger partial charge in [0.1, 0.15) is 5.82 Å². The van der Waals surface area contributed by atoms with Crippen LogP contribution in [0.1, 0.15) is 23.2 Å². The zero-order valence-corrected chi connectivity index (χ0v) is 9.77. The number of carbonyl (C=O) groups is 2. The van der Waals surface area contributed by atoms with Crippen molar-refractivity contribution in [1.82, 2.24) is 10.3 Å². The van der Waals surface area contributed by atoms with Gasteiger partial charge in [-0.2, -0.15) is 0 Å². The number of amides is 2. The van der Waals surface area contributed by atoms with E-state index >= 15 is 0 Å². The first kappa shape index (κ1) is 12.2. The van der Waals surface area contributed by atoms with Gasteiger partial charge in [-0.25, -0.2) is 4.98 Å². The fourth-order valence-corrected chi connectivity index (χ4v) is 1.45. The second-order valence-electron chi connectivity index (χ2n) is 4.22. The van der Waals surface area contributed by atoms with E-state index in [0.717, 1.165) is 12.8 Å². The van der Waals surface area contributed by atoms with E-state index in [-0.39, 0.29) is 23.7 Å². The molecule has 1 saturated carbocycles. The average molecular weight is 249 g/mol. The van der Waals surface area contributed by atoms with Crippen LogP contribution in [0.5, 0.6) is 0 Å². The number of rotatable bonds is 5. The van der Waals surface area contributed by atoms with Crippen LogP contribution >= 0.6 is 0 Å². The van der Waals surface area contributed by atoms with Crippen molar-refractivity contribution >= 4 is 23.3 Å². The third-order valence-corrected chi connectivity index (χ3v) is 2.57. The molecule has 0 radical (unpaired) electrons. The second-order valence-corrected chi connectivity index (χ2v) is 4.22. The van der Waals surface area contributed by atoms with E-state index in [4.69, 9.17) is 11.5 Å². The van der Waals surface area contributed by atoms with E-state index in [0.29, 0.717) is 11.9 Å². The number of aromatic nitrogens is 1. The molecule has 1 aromatic heterocycles. The number of hydrogen-bond donors (Lipinski definition) is 4. The molecule has 6 N–H and O–H groups in total. The van der Waals surface area contributed by atoms with E-state index in [2.05, 4.69) is 15.6 Å². The summed E-state index contributed by atoms with van der Waals surface area (Å²) in [5, 5.41) is 5.64. The summed E-state index contributed by atoms with van der Waals surface area (Å²) >= 11 is 0. The van der Waals surface area contributed by atoms with Crippen molar-refractivity contribution in [2.24, 2.45) is 5.73 Å². The molecule has 0 atom stereocenters. The standard InChI is InChI=1S/C11H15N5O2/c12-8-4-14-9(3-7(8)11(13)18)15-5-10(17)16-6-1-2-6/h3-4,6H,1-2,5,12H2,(H2,13,18)(H,14,15)(H,16,17). The maximum absolute atomic E-state index is 11.4. The molecule has 0 unspecified atom stereocenters. The fraction of sp³-hybridized carbons (Fsp3) is 0.364. The summed E-state index contributed by atoms with van der Waals surface area (Å²) in [5.41, 5.74) is 11.1. The molecule has 2 rings (SSSR count). The Kier molecular flexibility index (Phi) is 3.31. The highest BCUT2D eigenvalue weighted by Gasteiger charge is 2.22. The second kappa shape index (κ2) is 4.91. The maximum Gasteiger partial charge on any atom is 0.250 e. The van der Waals surface area contributed by atoms with Crippen molar-refractivity contribution in [1.29, 1.82) is 0 Å². The van der Waals surface area contributed by atoms with Gasteiger partial charge >= 0.3 is 0 Å². The lowest BCUT2D eigenvalue weighted by atomic mass is 10.2. The lowest BCUT2D eigenvalue weighted by Gasteiger charge is -2.08. The summed E-state index contributed by atoms with van der Waals surface area (Å²) < 4.78 is 0. The Bertz CT molecular complexity index is 484. The van der Waals surface area contributed by atoms with Crippen LogP contribution in [0, 0.1) is 0 Å². The monoisotopic (exact) mass is 249 g/mol. The largest absolute Gasteiger partial charge is 0.397 e. The Morgan fingerprint density at radius 2 is 2.17 bits per heavy atom. The van der Waals surface area contributed by atoms with Crippen LogP contribution in [-0.2, 0) is 4.79 Å². The molecular formula is C11H15N5O2. The number of pyridine rings is 1. The van der Waals surface area contributed by atoms with Gasteiger partial charge in [-0.1, -0.05) is 0 Å². The van der Waals surface area contributed by atoms with Crippen LogP contribution in [0.15, 0.2) is 12.3 Å². The van der Waals surface area contributed by atoms with Gasteiger partial charge in [0.25, 0.3) is 5.91 Å².